The number of aryl methyl sites for hydroxylation is 2. The molecular formula is C32H42F3NO5S. The molecule has 2 atom stereocenters. The maximum atomic E-state index is 14.5. The predicted molar refractivity (Wildman–Crippen MR) is 156 cm³/mol. The van der Waals surface area contributed by atoms with Crippen molar-refractivity contribution < 1.29 is 36.3 Å². The number of carbonyl (C=O) groups is 2. The SMILES string of the molecule is CC.Cc1cccc(S(=O)(=O)C23CCN(C(=O)C4(C)CCCCC4)C2CCc2cc(CC(F)(F)F)ccc23)c1.O=CO. The Bertz CT molecular complexity index is 1370. The fraction of sp³-hybridized carbons (Fsp3) is 0.562. The van der Waals surface area contributed by atoms with Gasteiger partial charge in [0, 0.05) is 12.0 Å². The molecule has 1 N–H and O–H groups in total. The van der Waals surface area contributed by atoms with Crippen molar-refractivity contribution in [1.29, 1.82) is 0 Å². The number of carbonyl (C=O) groups excluding carboxylic acids is 1. The van der Waals surface area contributed by atoms with E-state index in [1.165, 1.54) is 12.1 Å². The molecule has 232 valence electrons. The molecule has 1 amide bonds. The number of hydrogen-bond donors (Lipinski definition) is 1. The molecule has 0 aromatic heterocycles. The first-order valence-electron chi connectivity index (χ1n) is 14.7. The topological polar surface area (TPSA) is 91.8 Å². The molecule has 5 rings (SSSR count). The van der Waals surface area contributed by atoms with E-state index in [0.717, 1.165) is 37.7 Å². The molecule has 42 heavy (non-hydrogen) atoms. The molecule has 2 fully saturated rings. The molecule has 10 heteroatoms. The van der Waals surface area contributed by atoms with Crippen LogP contribution in [0, 0.1) is 12.3 Å². The summed E-state index contributed by atoms with van der Waals surface area (Å²) in [5.41, 5.74) is 1.64. The number of benzene rings is 2. The van der Waals surface area contributed by atoms with Crippen molar-refractivity contribution in [3.63, 3.8) is 0 Å². The van der Waals surface area contributed by atoms with Gasteiger partial charge in [0.2, 0.25) is 5.91 Å². The van der Waals surface area contributed by atoms with E-state index in [2.05, 4.69) is 0 Å². The van der Waals surface area contributed by atoms with Gasteiger partial charge in [-0.2, -0.15) is 13.2 Å². The van der Waals surface area contributed by atoms with Crippen LogP contribution in [0.1, 0.15) is 88.0 Å². The van der Waals surface area contributed by atoms with Crippen LogP contribution in [0.15, 0.2) is 47.4 Å². The van der Waals surface area contributed by atoms with Crippen molar-refractivity contribution in [3.8, 4) is 0 Å². The van der Waals surface area contributed by atoms with Crippen LogP contribution in [0.2, 0.25) is 0 Å². The van der Waals surface area contributed by atoms with Crippen molar-refractivity contribution >= 4 is 22.2 Å². The molecule has 1 aliphatic heterocycles. The number of carboxylic acid groups (broad SMARTS) is 1. The van der Waals surface area contributed by atoms with E-state index in [1.54, 1.807) is 24.3 Å². The molecule has 1 saturated carbocycles. The number of halogens is 3. The van der Waals surface area contributed by atoms with Gasteiger partial charge >= 0.3 is 6.18 Å². The molecule has 2 aliphatic carbocycles. The molecule has 3 aliphatic rings. The van der Waals surface area contributed by atoms with Gasteiger partial charge in [0.25, 0.3) is 6.47 Å². The van der Waals surface area contributed by atoms with E-state index in [9.17, 15) is 26.4 Å². The predicted octanol–water partition coefficient (Wildman–Crippen LogP) is 7.01. The highest BCUT2D eigenvalue weighted by molar-refractivity contribution is 7.92. The van der Waals surface area contributed by atoms with E-state index in [0.29, 0.717) is 30.5 Å². The molecule has 0 radical (unpaired) electrons. The highest BCUT2D eigenvalue weighted by atomic mass is 32.2. The lowest BCUT2D eigenvalue weighted by Crippen LogP contribution is -2.54. The molecule has 1 saturated heterocycles. The molecular weight excluding hydrogens is 567 g/mol. The maximum Gasteiger partial charge on any atom is 0.393 e. The highest BCUT2D eigenvalue weighted by Crippen LogP contribution is 2.54. The van der Waals surface area contributed by atoms with Gasteiger partial charge < -0.3 is 10.0 Å². The zero-order valence-corrected chi connectivity index (χ0v) is 25.7. The van der Waals surface area contributed by atoms with Gasteiger partial charge in [0.1, 0.15) is 4.75 Å². The Morgan fingerprint density at radius 2 is 1.71 bits per heavy atom. The minimum Gasteiger partial charge on any atom is -0.483 e. The first-order valence-corrected chi connectivity index (χ1v) is 16.2. The third-order valence-corrected chi connectivity index (χ3v) is 11.4. The van der Waals surface area contributed by atoms with Crippen LogP contribution < -0.4 is 0 Å². The Balaban J connectivity index is 0.000000910. The average Bonchev–Trinajstić information content (AvgIpc) is 3.35. The Morgan fingerprint density at radius 1 is 1.07 bits per heavy atom. The lowest BCUT2D eigenvalue weighted by molar-refractivity contribution is -0.144. The second-order valence-corrected chi connectivity index (χ2v) is 13.7. The summed E-state index contributed by atoms with van der Waals surface area (Å²) in [6.45, 7) is 7.92. The average molecular weight is 610 g/mol. The monoisotopic (exact) mass is 609 g/mol. The summed E-state index contributed by atoms with van der Waals surface area (Å²) >= 11 is 0. The van der Waals surface area contributed by atoms with E-state index in [4.69, 9.17) is 9.90 Å². The number of rotatable bonds is 4. The molecule has 1 heterocycles. The van der Waals surface area contributed by atoms with Crippen molar-refractivity contribution in [1.82, 2.24) is 4.90 Å². The number of nitrogens with zero attached hydrogens (tertiary/aromatic N) is 1. The van der Waals surface area contributed by atoms with Gasteiger partial charge in [0.05, 0.1) is 17.4 Å². The van der Waals surface area contributed by atoms with Gasteiger partial charge in [0.15, 0.2) is 9.84 Å². The fourth-order valence-corrected chi connectivity index (χ4v) is 9.52. The first-order chi connectivity index (χ1) is 19.8. The van der Waals surface area contributed by atoms with E-state index in [1.807, 2.05) is 38.7 Å². The summed E-state index contributed by atoms with van der Waals surface area (Å²) in [6, 6.07) is 10.8. The number of hydrogen-bond acceptors (Lipinski definition) is 4. The Hall–Kier alpha value is -2.88. The number of alkyl halides is 3. The lowest BCUT2D eigenvalue weighted by atomic mass is 9.73. The molecule has 0 bridgehead atoms. The third-order valence-electron chi connectivity index (χ3n) is 8.87. The minimum absolute atomic E-state index is 0.0238. The Kier molecular flexibility index (Phi) is 10.6. The van der Waals surface area contributed by atoms with Gasteiger partial charge in [-0.15, -0.1) is 0 Å². The van der Waals surface area contributed by atoms with Crippen molar-refractivity contribution in [2.45, 2.75) is 107 Å². The molecule has 0 spiro atoms. The number of sulfone groups is 1. The summed E-state index contributed by atoms with van der Waals surface area (Å²) in [6.07, 6.45) is 0.359. The summed E-state index contributed by atoms with van der Waals surface area (Å²) < 4.78 is 67.0. The Labute approximate surface area is 247 Å². The zero-order valence-electron chi connectivity index (χ0n) is 24.8. The lowest BCUT2D eigenvalue weighted by Gasteiger charge is -2.45. The zero-order chi connectivity index (χ0) is 31.3. The molecule has 6 nitrogen and oxygen atoms in total. The van der Waals surface area contributed by atoms with Crippen molar-refractivity contribution in [3.05, 3.63) is 64.7 Å². The first kappa shape index (κ1) is 33.6. The van der Waals surface area contributed by atoms with Gasteiger partial charge in [-0.1, -0.05) is 70.4 Å². The second-order valence-electron chi connectivity index (χ2n) is 11.5. The maximum absolute atomic E-state index is 14.5. The standard InChI is InChI=1S/C29H34F3NO3S.C2H6.CH2O2/c1-20-7-6-8-23(17-20)37(35,36)28-15-16-33(26(34)27(2)13-4-3-5-14-27)25(28)12-10-22-18-21(9-11-24(22)28)19-29(30,31)32;1-2;2-1-3/h6-9,11,17-18,25H,3-5,10,12-16,19H2,1-2H3;1-2H3;1H,(H,2,3). The summed E-state index contributed by atoms with van der Waals surface area (Å²) in [5.74, 6) is 0.0238. The normalized spacial score (nSPS) is 22.8. The second kappa shape index (κ2) is 13.2. The minimum atomic E-state index is -4.34. The van der Waals surface area contributed by atoms with Crippen LogP contribution in [0.3, 0.4) is 0 Å². The summed E-state index contributed by atoms with van der Waals surface area (Å²) in [7, 11) is -3.98. The molecule has 2 unspecified atom stereocenters. The van der Waals surface area contributed by atoms with Crippen molar-refractivity contribution in [2.24, 2.45) is 5.41 Å². The highest BCUT2D eigenvalue weighted by Gasteiger charge is 2.62. The quantitative estimate of drug-likeness (QED) is 0.377. The van der Waals surface area contributed by atoms with Gasteiger partial charge in [-0.3, -0.25) is 9.59 Å². The number of fused-ring (bicyclic) bond motifs is 3. The fourth-order valence-electron chi connectivity index (χ4n) is 7.05. The van der Waals surface area contributed by atoms with Crippen LogP contribution in [0.4, 0.5) is 13.2 Å². The third kappa shape index (κ3) is 6.38. The largest absolute Gasteiger partial charge is 0.483 e. The summed E-state index contributed by atoms with van der Waals surface area (Å²) in [4.78, 5) is 24.3. The summed E-state index contributed by atoms with van der Waals surface area (Å²) in [5, 5.41) is 6.89. The van der Waals surface area contributed by atoms with Crippen LogP contribution >= 0.6 is 0 Å². The number of likely N-dealkylation sites (tertiary alicyclic amines) is 1. The Morgan fingerprint density at radius 3 is 2.31 bits per heavy atom. The van der Waals surface area contributed by atoms with Crippen LogP contribution in [0.5, 0.6) is 0 Å². The van der Waals surface area contributed by atoms with Gasteiger partial charge in [-0.25, -0.2) is 8.42 Å². The molecule has 2 aromatic rings. The van der Waals surface area contributed by atoms with E-state index in [-0.39, 0.29) is 29.3 Å². The van der Waals surface area contributed by atoms with Crippen molar-refractivity contribution in [2.75, 3.05) is 6.54 Å². The number of amides is 1. The van der Waals surface area contributed by atoms with E-state index < -0.39 is 38.6 Å². The van der Waals surface area contributed by atoms with Crippen LogP contribution in [-0.4, -0.2) is 49.6 Å². The molecule has 2 aromatic carbocycles. The van der Waals surface area contributed by atoms with Gasteiger partial charge in [-0.05, 0) is 73.4 Å². The smallest absolute Gasteiger partial charge is 0.393 e. The van der Waals surface area contributed by atoms with Crippen LogP contribution in [0.25, 0.3) is 0 Å². The van der Waals surface area contributed by atoms with E-state index >= 15 is 0 Å². The van der Waals surface area contributed by atoms with Crippen LogP contribution in [-0.2, 0) is 37.0 Å².